The van der Waals surface area contributed by atoms with Crippen LogP contribution in [0.1, 0.15) is 52.5 Å². The van der Waals surface area contributed by atoms with Crippen molar-refractivity contribution < 1.29 is 9.59 Å². The highest BCUT2D eigenvalue weighted by Gasteiger charge is 2.28. The Morgan fingerprint density at radius 1 is 1.17 bits per heavy atom. The monoisotopic (exact) mass is 372 g/mol. The third kappa shape index (κ3) is 5.67. The summed E-state index contributed by atoms with van der Waals surface area (Å²) in [5.41, 5.74) is 0.776. The Bertz CT molecular complexity index is 578. The van der Waals surface area contributed by atoms with Gasteiger partial charge in [-0.05, 0) is 37.5 Å². The molecule has 1 aromatic carbocycles. The SMILES string of the molecule is CCC(=O)N(Cc1ccc(Cl)cc1Cl)[C@@H](CC)C(=O)N[C@@H](C)CC. The fourth-order valence-corrected chi connectivity index (χ4v) is 2.87. The number of carbonyl (C=O) groups is 2. The van der Waals surface area contributed by atoms with E-state index in [1.807, 2.05) is 20.8 Å². The molecule has 0 spiro atoms. The van der Waals surface area contributed by atoms with Gasteiger partial charge in [-0.25, -0.2) is 0 Å². The molecule has 0 fully saturated rings. The van der Waals surface area contributed by atoms with Crippen LogP contribution in [0.5, 0.6) is 0 Å². The third-order valence-electron chi connectivity index (χ3n) is 4.05. The first-order valence-electron chi connectivity index (χ1n) is 8.37. The number of halogens is 2. The molecule has 0 bridgehead atoms. The van der Waals surface area contributed by atoms with Gasteiger partial charge >= 0.3 is 0 Å². The van der Waals surface area contributed by atoms with Crippen LogP contribution in [-0.2, 0) is 16.1 Å². The van der Waals surface area contributed by atoms with Crippen LogP contribution >= 0.6 is 23.2 Å². The van der Waals surface area contributed by atoms with Crippen molar-refractivity contribution >= 4 is 35.0 Å². The molecule has 2 atom stereocenters. The third-order valence-corrected chi connectivity index (χ3v) is 4.63. The second kappa shape index (κ2) is 9.90. The van der Waals surface area contributed by atoms with E-state index in [4.69, 9.17) is 23.2 Å². The molecule has 1 N–H and O–H groups in total. The molecular formula is C18H26Cl2N2O2. The fourth-order valence-electron chi connectivity index (χ4n) is 2.40. The minimum atomic E-state index is -0.516. The summed E-state index contributed by atoms with van der Waals surface area (Å²) in [7, 11) is 0. The van der Waals surface area contributed by atoms with Crippen LogP contribution in [0.25, 0.3) is 0 Å². The summed E-state index contributed by atoms with van der Waals surface area (Å²) in [6, 6.07) is 4.73. The zero-order valence-electron chi connectivity index (χ0n) is 14.7. The number of benzene rings is 1. The average Bonchev–Trinajstić information content (AvgIpc) is 2.55. The minimum absolute atomic E-state index is 0.0734. The fraction of sp³-hybridized carbons (Fsp3) is 0.556. The lowest BCUT2D eigenvalue weighted by Gasteiger charge is -2.31. The van der Waals surface area contributed by atoms with Crippen molar-refractivity contribution in [3.05, 3.63) is 33.8 Å². The molecule has 1 aromatic rings. The first kappa shape index (κ1) is 20.8. The van der Waals surface area contributed by atoms with E-state index in [0.29, 0.717) is 22.9 Å². The quantitative estimate of drug-likeness (QED) is 0.733. The minimum Gasteiger partial charge on any atom is -0.352 e. The largest absolute Gasteiger partial charge is 0.352 e. The molecule has 24 heavy (non-hydrogen) atoms. The number of amides is 2. The standard InChI is InChI=1S/C18H26Cl2N2O2/c1-5-12(4)21-18(24)16(6-2)22(17(23)7-3)11-13-8-9-14(19)10-15(13)20/h8-10,12,16H,5-7,11H2,1-4H3,(H,21,24)/t12-,16-/m0/s1. The Hall–Kier alpha value is -1.26. The molecule has 0 aliphatic heterocycles. The van der Waals surface area contributed by atoms with Crippen molar-refractivity contribution in [3.63, 3.8) is 0 Å². The van der Waals surface area contributed by atoms with Crippen LogP contribution in [0.3, 0.4) is 0 Å². The van der Waals surface area contributed by atoms with Crippen molar-refractivity contribution in [2.75, 3.05) is 0 Å². The van der Waals surface area contributed by atoms with Gasteiger partial charge in [-0.2, -0.15) is 0 Å². The molecule has 1 rings (SSSR count). The summed E-state index contributed by atoms with van der Waals surface area (Å²) < 4.78 is 0. The second-order valence-electron chi connectivity index (χ2n) is 5.85. The van der Waals surface area contributed by atoms with Crippen molar-refractivity contribution in [1.82, 2.24) is 10.2 Å². The van der Waals surface area contributed by atoms with E-state index in [1.165, 1.54) is 0 Å². The number of nitrogens with zero attached hydrogens (tertiary/aromatic N) is 1. The van der Waals surface area contributed by atoms with Crippen molar-refractivity contribution in [1.29, 1.82) is 0 Å². The van der Waals surface area contributed by atoms with E-state index >= 15 is 0 Å². The molecule has 2 amide bonds. The maximum absolute atomic E-state index is 12.6. The topological polar surface area (TPSA) is 49.4 Å². The summed E-state index contributed by atoms with van der Waals surface area (Å²) in [5.74, 6) is -0.203. The molecule has 0 heterocycles. The van der Waals surface area contributed by atoms with Crippen LogP contribution in [-0.4, -0.2) is 28.8 Å². The lowest BCUT2D eigenvalue weighted by Crippen LogP contribution is -2.50. The van der Waals surface area contributed by atoms with Gasteiger partial charge in [0.25, 0.3) is 0 Å². The highest BCUT2D eigenvalue weighted by Crippen LogP contribution is 2.24. The number of hydrogen-bond acceptors (Lipinski definition) is 2. The van der Waals surface area contributed by atoms with Crippen LogP contribution in [0.2, 0.25) is 10.0 Å². The van der Waals surface area contributed by atoms with Gasteiger partial charge in [-0.1, -0.05) is 50.0 Å². The van der Waals surface area contributed by atoms with Gasteiger partial charge in [-0.3, -0.25) is 9.59 Å². The van der Waals surface area contributed by atoms with Gasteiger partial charge in [0.1, 0.15) is 6.04 Å². The maximum Gasteiger partial charge on any atom is 0.243 e. The molecule has 0 unspecified atom stereocenters. The Kier molecular flexibility index (Phi) is 8.57. The predicted molar refractivity (Wildman–Crippen MR) is 99.3 cm³/mol. The van der Waals surface area contributed by atoms with Crippen molar-refractivity contribution in [2.24, 2.45) is 0 Å². The van der Waals surface area contributed by atoms with E-state index in [1.54, 1.807) is 30.0 Å². The average molecular weight is 373 g/mol. The lowest BCUT2D eigenvalue weighted by molar-refractivity contribution is -0.141. The smallest absolute Gasteiger partial charge is 0.243 e. The Labute approximate surface area is 154 Å². The molecule has 6 heteroatoms. The Morgan fingerprint density at radius 2 is 1.83 bits per heavy atom. The number of rotatable bonds is 8. The molecule has 0 radical (unpaired) electrons. The molecule has 0 saturated heterocycles. The molecular weight excluding hydrogens is 347 g/mol. The van der Waals surface area contributed by atoms with E-state index in [2.05, 4.69) is 5.32 Å². The van der Waals surface area contributed by atoms with Crippen LogP contribution in [0.15, 0.2) is 18.2 Å². The Balaban J connectivity index is 3.05. The van der Waals surface area contributed by atoms with Crippen LogP contribution in [0.4, 0.5) is 0 Å². The zero-order chi connectivity index (χ0) is 18.3. The van der Waals surface area contributed by atoms with Crippen molar-refractivity contribution in [2.45, 2.75) is 65.6 Å². The summed E-state index contributed by atoms with van der Waals surface area (Å²) in [6.45, 7) is 7.94. The summed E-state index contributed by atoms with van der Waals surface area (Å²) >= 11 is 12.2. The van der Waals surface area contributed by atoms with E-state index in [0.717, 1.165) is 12.0 Å². The first-order chi connectivity index (χ1) is 11.3. The lowest BCUT2D eigenvalue weighted by atomic mass is 10.1. The van der Waals surface area contributed by atoms with Gasteiger partial charge in [0, 0.05) is 29.1 Å². The summed E-state index contributed by atoms with van der Waals surface area (Å²) in [4.78, 5) is 26.6. The molecule has 0 aliphatic rings. The normalized spacial score (nSPS) is 13.2. The zero-order valence-corrected chi connectivity index (χ0v) is 16.2. The Morgan fingerprint density at radius 3 is 2.33 bits per heavy atom. The van der Waals surface area contributed by atoms with E-state index in [9.17, 15) is 9.59 Å². The van der Waals surface area contributed by atoms with Gasteiger partial charge in [0.15, 0.2) is 0 Å². The predicted octanol–water partition coefficient (Wildman–Crippen LogP) is 4.43. The summed E-state index contributed by atoms with van der Waals surface area (Å²) in [5, 5.41) is 4.00. The van der Waals surface area contributed by atoms with E-state index < -0.39 is 6.04 Å². The highest BCUT2D eigenvalue weighted by molar-refractivity contribution is 6.35. The number of nitrogens with one attached hydrogen (secondary N) is 1. The molecule has 0 aromatic heterocycles. The van der Waals surface area contributed by atoms with Gasteiger partial charge in [0.2, 0.25) is 11.8 Å². The molecule has 0 aliphatic carbocycles. The molecule has 0 saturated carbocycles. The van der Waals surface area contributed by atoms with E-state index in [-0.39, 0.29) is 24.4 Å². The van der Waals surface area contributed by atoms with Crippen LogP contribution in [0, 0.1) is 0 Å². The van der Waals surface area contributed by atoms with Gasteiger partial charge in [-0.15, -0.1) is 0 Å². The first-order valence-corrected chi connectivity index (χ1v) is 9.13. The number of carbonyl (C=O) groups excluding carboxylic acids is 2. The van der Waals surface area contributed by atoms with Gasteiger partial charge < -0.3 is 10.2 Å². The molecule has 4 nitrogen and oxygen atoms in total. The second-order valence-corrected chi connectivity index (χ2v) is 6.70. The van der Waals surface area contributed by atoms with Gasteiger partial charge in [0.05, 0.1) is 0 Å². The number of hydrogen-bond donors (Lipinski definition) is 1. The summed E-state index contributed by atoms with van der Waals surface area (Å²) in [6.07, 6.45) is 1.71. The highest BCUT2D eigenvalue weighted by atomic mass is 35.5. The maximum atomic E-state index is 12.6. The van der Waals surface area contributed by atoms with Crippen LogP contribution < -0.4 is 5.32 Å². The molecule has 134 valence electrons. The van der Waals surface area contributed by atoms with Crippen molar-refractivity contribution in [3.8, 4) is 0 Å².